The molecule has 156 valence electrons. The van der Waals surface area contributed by atoms with Crippen molar-refractivity contribution in [3.05, 3.63) is 119 Å². The third-order valence-corrected chi connectivity index (χ3v) is 5.30. The molecule has 0 N–H and O–H groups in total. The van der Waals surface area contributed by atoms with Crippen LogP contribution in [0.5, 0.6) is 5.75 Å². The van der Waals surface area contributed by atoms with Crippen LogP contribution in [0.2, 0.25) is 0 Å². The first-order valence-corrected chi connectivity index (χ1v) is 10.2. The maximum atomic E-state index is 14.1. The summed E-state index contributed by atoms with van der Waals surface area (Å²) in [5, 5.41) is 5.88. The van der Waals surface area contributed by atoms with Crippen molar-refractivity contribution in [3.63, 3.8) is 0 Å². The van der Waals surface area contributed by atoms with Gasteiger partial charge in [0.05, 0.1) is 5.57 Å². The van der Waals surface area contributed by atoms with Crippen LogP contribution >= 0.6 is 0 Å². The second-order valence-electron chi connectivity index (χ2n) is 7.32. The number of oxime groups is 1. The molecule has 1 aliphatic heterocycles. The van der Waals surface area contributed by atoms with Crippen LogP contribution < -0.4 is 4.74 Å². The summed E-state index contributed by atoms with van der Waals surface area (Å²) >= 11 is 0. The summed E-state index contributed by atoms with van der Waals surface area (Å²) in [7, 11) is 0. The molecular weight excluding hydrogens is 405 g/mol. The number of fused-ring (bicyclic) bond motifs is 1. The van der Waals surface area contributed by atoms with Crippen LogP contribution in [0.25, 0.3) is 16.8 Å². The van der Waals surface area contributed by atoms with Gasteiger partial charge in [-0.25, -0.2) is 9.18 Å². The molecule has 0 amide bonds. The molecule has 1 heterocycles. The third kappa shape index (κ3) is 3.76. The van der Waals surface area contributed by atoms with Crippen LogP contribution in [0.3, 0.4) is 0 Å². The van der Waals surface area contributed by atoms with Crippen molar-refractivity contribution in [2.24, 2.45) is 5.16 Å². The van der Waals surface area contributed by atoms with Gasteiger partial charge in [0.25, 0.3) is 0 Å². The lowest BCUT2D eigenvalue weighted by Crippen LogP contribution is -2.07. The average Bonchev–Trinajstić information content (AvgIpc) is 3.20. The average molecular weight is 423 g/mol. The first-order chi connectivity index (χ1) is 15.7. The number of ether oxygens (including phenoxy) is 1. The predicted octanol–water partition coefficient (Wildman–Crippen LogP) is 5.90. The minimum atomic E-state index is -0.531. The van der Waals surface area contributed by atoms with E-state index < -0.39 is 5.97 Å². The molecule has 0 spiro atoms. The van der Waals surface area contributed by atoms with E-state index in [1.807, 2.05) is 66.7 Å². The molecule has 0 fully saturated rings. The fraction of sp³-hybridized carbons (Fsp3) is 0.0370. The van der Waals surface area contributed by atoms with E-state index in [2.05, 4.69) is 5.16 Å². The van der Waals surface area contributed by atoms with E-state index in [-0.39, 0.29) is 12.4 Å². The van der Waals surface area contributed by atoms with Crippen molar-refractivity contribution in [1.82, 2.24) is 0 Å². The maximum Gasteiger partial charge on any atom is 0.368 e. The van der Waals surface area contributed by atoms with Crippen LogP contribution in [-0.4, -0.2) is 11.7 Å². The zero-order valence-corrected chi connectivity index (χ0v) is 17.0. The largest absolute Gasteiger partial charge is 0.488 e. The van der Waals surface area contributed by atoms with Gasteiger partial charge in [-0.2, -0.15) is 0 Å². The third-order valence-electron chi connectivity index (χ3n) is 5.30. The number of benzene rings is 4. The van der Waals surface area contributed by atoms with Crippen molar-refractivity contribution in [3.8, 4) is 5.75 Å². The maximum absolute atomic E-state index is 14.1. The second kappa shape index (κ2) is 8.47. The minimum Gasteiger partial charge on any atom is -0.488 e. The van der Waals surface area contributed by atoms with Crippen molar-refractivity contribution < 1.29 is 18.8 Å². The normalized spacial score (nSPS) is 14.5. The molecule has 0 bridgehead atoms. The molecule has 0 aliphatic carbocycles. The van der Waals surface area contributed by atoms with Crippen LogP contribution in [0.15, 0.2) is 102 Å². The first kappa shape index (κ1) is 19.7. The van der Waals surface area contributed by atoms with Gasteiger partial charge in [-0.3, -0.25) is 0 Å². The molecule has 0 atom stereocenters. The van der Waals surface area contributed by atoms with Crippen LogP contribution in [0.1, 0.15) is 16.7 Å². The molecule has 1 aliphatic rings. The molecule has 5 heteroatoms. The van der Waals surface area contributed by atoms with Gasteiger partial charge in [0.15, 0.2) is 0 Å². The summed E-state index contributed by atoms with van der Waals surface area (Å²) in [4.78, 5) is 17.5. The summed E-state index contributed by atoms with van der Waals surface area (Å²) in [5.41, 5.74) is 2.73. The molecular formula is C27H18FNO3. The molecule has 0 saturated heterocycles. The monoisotopic (exact) mass is 423 g/mol. The predicted molar refractivity (Wildman–Crippen MR) is 122 cm³/mol. The van der Waals surface area contributed by atoms with E-state index >= 15 is 0 Å². The van der Waals surface area contributed by atoms with Crippen LogP contribution in [0.4, 0.5) is 4.39 Å². The molecule has 4 aromatic rings. The van der Waals surface area contributed by atoms with Crippen molar-refractivity contribution in [2.45, 2.75) is 6.61 Å². The highest BCUT2D eigenvalue weighted by Gasteiger charge is 2.27. The van der Waals surface area contributed by atoms with Crippen LogP contribution in [-0.2, 0) is 16.2 Å². The molecule has 4 nitrogen and oxygen atoms in total. The summed E-state index contributed by atoms with van der Waals surface area (Å²) in [6, 6.07) is 27.4. The number of carbonyl (C=O) groups is 1. The Morgan fingerprint density at radius 1 is 0.875 bits per heavy atom. The van der Waals surface area contributed by atoms with Gasteiger partial charge in [-0.05, 0) is 29.0 Å². The number of nitrogens with zero attached hydrogens (tertiary/aromatic N) is 1. The number of hydrogen-bond donors (Lipinski definition) is 0. The highest BCUT2D eigenvalue weighted by molar-refractivity contribution is 6.31. The highest BCUT2D eigenvalue weighted by atomic mass is 19.1. The standard InChI is InChI=1S/C27H18FNO3/c28-24-13-7-5-11-20(24)17-31-25-15-14-18-8-4-6-12-21(18)22(25)16-23-26(29-32-27(23)30)19-9-2-1-3-10-19/h1-16H,17H2/b23-16-. The lowest BCUT2D eigenvalue weighted by molar-refractivity contribution is -0.136. The second-order valence-corrected chi connectivity index (χ2v) is 7.32. The Morgan fingerprint density at radius 2 is 1.62 bits per heavy atom. The van der Waals surface area contributed by atoms with E-state index in [9.17, 15) is 9.18 Å². The van der Waals surface area contributed by atoms with Crippen molar-refractivity contribution in [2.75, 3.05) is 0 Å². The fourth-order valence-electron chi connectivity index (χ4n) is 3.68. The summed E-state index contributed by atoms with van der Waals surface area (Å²) in [6.07, 6.45) is 1.74. The Kier molecular flexibility index (Phi) is 5.22. The molecule has 0 unspecified atom stereocenters. The zero-order valence-electron chi connectivity index (χ0n) is 17.0. The topological polar surface area (TPSA) is 47.9 Å². The SMILES string of the molecule is O=C1ON=C(c2ccccc2)/C1=C/c1c(OCc2ccccc2F)ccc2ccccc12. The molecule has 5 rings (SSSR count). The summed E-state index contributed by atoms with van der Waals surface area (Å²) in [6.45, 7) is 0.0608. The van der Waals surface area contributed by atoms with E-state index in [1.54, 1.807) is 24.3 Å². The van der Waals surface area contributed by atoms with Gasteiger partial charge in [-0.15, -0.1) is 0 Å². The lowest BCUT2D eigenvalue weighted by Gasteiger charge is -2.13. The highest BCUT2D eigenvalue weighted by Crippen LogP contribution is 2.33. The van der Waals surface area contributed by atoms with Gasteiger partial charge in [-0.1, -0.05) is 84.0 Å². The van der Waals surface area contributed by atoms with Crippen molar-refractivity contribution >= 4 is 28.5 Å². The molecule has 0 aromatic heterocycles. The Hall–Kier alpha value is -4.25. The fourth-order valence-corrected chi connectivity index (χ4v) is 3.68. The van der Waals surface area contributed by atoms with Gasteiger partial charge in [0.2, 0.25) is 0 Å². The Balaban J connectivity index is 1.60. The van der Waals surface area contributed by atoms with Crippen molar-refractivity contribution in [1.29, 1.82) is 0 Å². The van der Waals surface area contributed by atoms with Gasteiger partial charge < -0.3 is 9.57 Å². The molecule has 0 saturated carbocycles. The summed E-state index contributed by atoms with van der Waals surface area (Å²) < 4.78 is 20.1. The zero-order chi connectivity index (χ0) is 21.9. The molecule has 4 aromatic carbocycles. The Labute approximate surface area is 184 Å². The van der Waals surface area contributed by atoms with Crippen LogP contribution in [0, 0.1) is 5.82 Å². The van der Waals surface area contributed by atoms with E-state index in [4.69, 9.17) is 9.57 Å². The first-order valence-electron chi connectivity index (χ1n) is 10.2. The Morgan fingerprint density at radius 3 is 2.47 bits per heavy atom. The van der Waals surface area contributed by atoms with E-state index in [0.717, 1.165) is 16.3 Å². The number of hydrogen-bond acceptors (Lipinski definition) is 4. The minimum absolute atomic E-state index is 0.0608. The number of carbonyl (C=O) groups excluding carboxylic acids is 1. The van der Waals surface area contributed by atoms with E-state index in [0.29, 0.717) is 28.2 Å². The van der Waals surface area contributed by atoms with Gasteiger partial charge >= 0.3 is 5.97 Å². The summed E-state index contributed by atoms with van der Waals surface area (Å²) in [5.74, 6) is -0.325. The van der Waals surface area contributed by atoms with E-state index in [1.165, 1.54) is 6.07 Å². The van der Waals surface area contributed by atoms with Gasteiger partial charge in [0.1, 0.15) is 23.9 Å². The number of halogens is 1. The smallest absolute Gasteiger partial charge is 0.368 e. The molecule has 0 radical (unpaired) electrons. The number of rotatable bonds is 5. The molecule has 32 heavy (non-hydrogen) atoms. The van der Waals surface area contributed by atoms with Gasteiger partial charge in [0, 0.05) is 16.7 Å². The quantitative estimate of drug-likeness (QED) is 0.296. The Bertz CT molecular complexity index is 1380. The lowest BCUT2D eigenvalue weighted by atomic mass is 9.97.